The maximum absolute atomic E-state index is 12.8. The average molecular weight is 273 g/mol. The minimum atomic E-state index is -0.257. The normalized spacial score (nSPS) is 34.6. The molecule has 1 atom stereocenters. The molecule has 1 aliphatic carbocycles. The van der Waals surface area contributed by atoms with Crippen LogP contribution in [0.25, 0.3) is 0 Å². The molecule has 0 aromatic heterocycles. The zero-order valence-electron chi connectivity index (χ0n) is 12.0. The molecule has 1 saturated heterocycles. The lowest BCUT2D eigenvalue weighted by Gasteiger charge is -2.42. The summed E-state index contributed by atoms with van der Waals surface area (Å²) in [6.07, 6.45) is 2.39. The molecular weight excluding hydrogens is 254 g/mol. The van der Waals surface area contributed by atoms with Crippen LogP contribution in [0.4, 0.5) is 0 Å². The summed E-state index contributed by atoms with van der Waals surface area (Å²) < 4.78 is 5.66. The molecule has 0 aromatic rings. The van der Waals surface area contributed by atoms with E-state index in [4.69, 9.17) is 4.74 Å². The quantitative estimate of drug-likeness (QED) is 0.736. The summed E-state index contributed by atoms with van der Waals surface area (Å²) in [6, 6.07) is 0. The SMILES string of the molecule is CC1(C)CC(=O)C2=C(C1)NC1=C(CN=N1)[C@@]21CCOC1. The second-order valence-corrected chi connectivity index (χ2v) is 7.03. The van der Waals surface area contributed by atoms with Gasteiger partial charge in [0.05, 0.1) is 18.6 Å². The van der Waals surface area contributed by atoms with Crippen molar-refractivity contribution < 1.29 is 9.53 Å². The van der Waals surface area contributed by atoms with E-state index in [0.29, 0.717) is 26.2 Å². The van der Waals surface area contributed by atoms with Crippen LogP contribution in [0.2, 0.25) is 0 Å². The number of dihydropyridines is 1. The van der Waals surface area contributed by atoms with Crippen molar-refractivity contribution in [2.24, 2.45) is 21.1 Å². The van der Waals surface area contributed by atoms with E-state index in [2.05, 4.69) is 29.4 Å². The summed E-state index contributed by atoms with van der Waals surface area (Å²) in [5.74, 6) is 1.13. The maximum atomic E-state index is 12.8. The van der Waals surface area contributed by atoms with E-state index in [1.54, 1.807) is 0 Å². The summed E-state index contributed by atoms with van der Waals surface area (Å²) in [5.41, 5.74) is 2.92. The standard InChI is InChI=1S/C15H19N3O2/c1-14(2)5-10-12(11(19)6-14)15(3-4-20-8-15)9-7-16-18-13(9)17-10/h17H,3-8H2,1-2H3/t15-/m0/s1. The molecular formula is C15H19N3O2. The molecule has 1 spiro atoms. The number of nitrogens with zero attached hydrogens (tertiary/aromatic N) is 2. The highest BCUT2D eigenvalue weighted by Crippen LogP contribution is 2.53. The number of carbonyl (C=O) groups is 1. The molecule has 0 bridgehead atoms. The van der Waals surface area contributed by atoms with Gasteiger partial charge in [0.2, 0.25) is 0 Å². The maximum Gasteiger partial charge on any atom is 0.162 e. The first-order valence-corrected chi connectivity index (χ1v) is 7.25. The molecule has 3 heterocycles. The number of Topliss-reactive ketones (excluding diaryl/α,β-unsaturated/α-hetero) is 1. The van der Waals surface area contributed by atoms with Crippen molar-refractivity contribution in [2.75, 3.05) is 19.8 Å². The molecule has 0 radical (unpaired) electrons. The Morgan fingerprint density at radius 3 is 2.90 bits per heavy atom. The van der Waals surface area contributed by atoms with Crippen LogP contribution in [0.5, 0.6) is 0 Å². The summed E-state index contributed by atoms with van der Waals surface area (Å²) in [7, 11) is 0. The van der Waals surface area contributed by atoms with Crippen LogP contribution in [0, 0.1) is 10.8 Å². The van der Waals surface area contributed by atoms with E-state index in [1.165, 1.54) is 0 Å². The second kappa shape index (κ2) is 3.79. The van der Waals surface area contributed by atoms with E-state index in [-0.39, 0.29) is 16.6 Å². The minimum Gasteiger partial charge on any atom is -0.380 e. The number of nitrogens with one attached hydrogen (secondary N) is 1. The predicted molar refractivity (Wildman–Crippen MR) is 72.8 cm³/mol. The highest BCUT2D eigenvalue weighted by molar-refractivity contribution is 6.00. The van der Waals surface area contributed by atoms with Gasteiger partial charge < -0.3 is 10.1 Å². The van der Waals surface area contributed by atoms with Crippen molar-refractivity contribution in [3.63, 3.8) is 0 Å². The van der Waals surface area contributed by atoms with E-state index in [9.17, 15) is 4.79 Å². The molecule has 5 heteroatoms. The first-order chi connectivity index (χ1) is 9.52. The number of hydrogen-bond acceptors (Lipinski definition) is 5. The molecule has 0 saturated carbocycles. The Morgan fingerprint density at radius 1 is 1.30 bits per heavy atom. The first-order valence-electron chi connectivity index (χ1n) is 7.25. The lowest BCUT2D eigenvalue weighted by atomic mass is 9.63. The van der Waals surface area contributed by atoms with Crippen molar-refractivity contribution >= 4 is 5.78 Å². The minimum absolute atomic E-state index is 0.0113. The van der Waals surface area contributed by atoms with E-state index in [0.717, 1.165) is 35.5 Å². The molecule has 1 fully saturated rings. The summed E-state index contributed by atoms with van der Waals surface area (Å²) in [5, 5.41) is 11.8. The van der Waals surface area contributed by atoms with Gasteiger partial charge in [-0.3, -0.25) is 4.79 Å². The number of fused-ring (bicyclic) bond motifs is 2. The second-order valence-electron chi connectivity index (χ2n) is 7.03. The molecule has 1 N–H and O–H groups in total. The van der Waals surface area contributed by atoms with Crippen LogP contribution in [0.1, 0.15) is 33.1 Å². The molecule has 5 nitrogen and oxygen atoms in total. The lowest BCUT2D eigenvalue weighted by Crippen LogP contribution is -2.44. The number of hydrogen-bond donors (Lipinski definition) is 1. The van der Waals surface area contributed by atoms with Crippen molar-refractivity contribution in [1.82, 2.24) is 5.32 Å². The Kier molecular flexibility index (Phi) is 2.32. The molecule has 4 rings (SSSR count). The highest BCUT2D eigenvalue weighted by Gasteiger charge is 2.53. The molecule has 0 aromatic carbocycles. The lowest BCUT2D eigenvalue weighted by molar-refractivity contribution is -0.119. The fourth-order valence-corrected chi connectivity index (χ4v) is 4.07. The molecule has 0 amide bonds. The monoisotopic (exact) mass is 273 g/mol. The number of carbonyl (C=O) groups excluding carboxylic acids is 1. The fraction of sp³-hybridized carbons (Fsp3) is 0.667. The van der Waals surface area contributed by atoms with Crippen molar-refractivity contribution in [3.8, 4) is 0 Å². The fourth-order valence-electron chi connectivity index (χ4n) is 4.07. The largest absolute Gasteiger partial charge is 0.380 e. The van der Waals surface area contributed by atoms with E-state index in [1.807, 2.05) is 0 Å². The van der Waals surface area contributed by atoms with Crippen LogP contribution in [0.3, 0.4) is 0 Å². The van der Waals surface area contributed by atoms with Gasteiger partial charge in [-0.2, -0.15) is 5.11 Å². The van der Waals surface area contributed by atoms with Crippen molar-refractivity contribution in [2.45, 2.75) is 33.1 Å². The number of ketones is 1. The predicted octanol–water partition coefficient (Wildman–Crippen LogP) is 2.32. The third kappa shape index (κ3) is 1.50. The van der Waals surface area contributed by atoms with Gasteiger partial charge in [-0.15, -0.1) is 5.11 Å². The van der Waals surface area contributed by atoms with Gasteiger partial charge in [-0.25, -0.2) is 0 Å². The number of allylic oxidation sites excluding steroid dienone is 1. The van der Waals surface area contributed by atoms with Crippen LogP contribution < -0.4 is 5.32 Å². The van der Waals surface area contributed by atoms with Crippen molar-refractivity contribution in [3.05, 3.63) is 22.7 Å². The topological polar surface area (TPSA) is 63.0 Å². The van der Waals surface area contributed by atoms with E-state index >= 15 is 0 Å². The van der Waals surface area contributed by atoms with Crippen LogP contribution >= 0.6 is 0 Å². The molecule has 4 aliphatic rings. The third-order valence-electron chi connectivity index (χ3n) is 4.91. The smallest absolute Gasteiger partial charge is 0.162 e. The number of ether oxygens (including phenoxy) is 1. The summed E-state index contributed by atoms with van der Waals surface area (Å²) in [4.78, 5) is 12.8. The van der Waals surface area contributed by atoms with Gasteiger partial charge in [0.1, 0.15) is 0 Å². The molecule has 106 valence electrons. The zero-order valence-corrected chi connectivity index (χ0v) is 12.0. The highest BCUT2D eigenvalue weighted by atomic mass is 16.5. The van der Waals surface area contributed by atoms with Crippen LogP contribution in [-0.2, 0) is 9.53 Å². The van der Waals surface area contributed by atoms with E-state index < -0.39 is 0 Å². The Bertz CT molecular complexity index is 592. The van der Waals surface area contributed by atoms with Gasteiger partial charge >= 0.3 is 0 Å². The van der Waals surface area contributed by atoms with Gasteiger partial charge in [0, 0.05) is 29.9 Å². The molecule has 0 unspecified atom stereocenters. The average Bonchev–Trinajstić information content (AvgIpc) is 2.96. The molecule has 3 aliphatic heterocycles. The summed E-state index contributed by atoms with van der Waals surface area (Å²) in [6.45, 7) is 6.20. The Morgan fingerprint density at radius 2 is 2.15 bits per heavy atom. The van der Waals surface area contributed by atoms with Gasteiger partial charge in [-0.05, 0) is 18.3 Å². The zero-order chi connectivity index (χ0) is 14.0. The van der Waals surface area contributed by atoms with Gasteiger partial charge in [-0.1, -0.05) is 13.8 Å². The van der Waals surface area contributed by atoms with Crippen LogP contribution in [-0.4, -0.2) is 25.5 Å². The Balaban J connectivity index is 1.87. The number of rotatable bonds is 0. The van der Waals surface area contributed by atoms with Gasteiger partial charge in [0.25, 0.3) is 0 Å². The summed E-state index contributed by atoms with van der Waals surface area (Å²) >= 11 is 0. The van der Waals surface area contributed by atoms with Crippen LogP contribution in [0.15, 0.2) is 32.9 Å². The first kappa shape index (κ1) is 12.3. The molecule has 20 heavy (non-hydrogen) atoms. The van der Waals surface area contributed by atoms with Crippen molar-refractivity contribution in [1.29, 1.82) is 0 Å². The third-order valence-corrected chi connectivity index (χ3v) is 4.91. The Labute approximate surface area is 118 Å². The number of azo groups is 1. The van der Waals surface area contributed by atoms with Gasteiger partial charge in [0.15, 0.2) is 11.6 Å². The Hall–Kier alpha value is -1.49.